The van der Waals surface area contributed by atoms with Crippen molar-refractivity contribution in [1.29, 1.82) is 31.6 Å². The zero-order valence-corrected chi connectivity index (χ0v) is 8.92. The van der Waals surface area contributed by atoms with Gasteiger partial charge in [0.25, 0.3) is 0 Å². The van der Waals surface area contributed by atoms with Gasteiger partial charge in [0, 0.05) is 22.4 Å². The summed E-state index contributed by atoms with van der Waals surface area (Å²) in [6.07, 6.45) is 0. The summed E-state index contributed by atoms with van der Waals surface area (Å²) < 4.78 is 0. The summed E-state index contributed by atoms with van der Waals surface area (Å²) in [6, 6.07) is 0. The van der Waals surface area contributed by atoms with Crippen LogP contribution in [0.1, 0.15) is 0 Å². The molecule has 0 aromatic carbocycles. The first-order chi connectivity index (χ1) is 5.97. The topological polar surface area (TPSA) is 143 Å². The van der Waals surface area contributed by atoms with E-state index in [0.29, 0.717) is 0 Å². The Hall–Kier alpha value is -1.80. The van der Waals surface area contributed by atoms with Gasteiger partial charge in [-0.3, -0.25) is 0 Å². The third-order valence-corrected chi connectivity index (χ3v) is 4.89. The molecule has 0 aromatic rings. The van der Waals surface area contributed by atoms with Crippen molar-refractivity contribution >= 4 is 0 Å². The molecule has 6 nitrogen and oxygen atoms in total. The predicted molar refractivity (Wildman–Crippen MR) is 33.7 cm³/mol. The van der Waals surface area contributed by atoms with Crippen LogP contribution in [0.3, 0.4) is 0 Å². The molecule has 0 aromatic heterocycles. The Morgan fingerprint density at radius 2 is 0.643 bits per heavy atom. The summed E-state index contributed by atoms with van der Waals surface area (Å²) >= 11 is 0. The molecule has 0 heterocycles. The monoisotopic (exact) mass is 319 g/mol. The predicted octanol–water partition coefficient (Wildman–Crippen LogP) is 0.0957. The molecule has 0 saturated heterocycles. The van der Waals surface area contributed by atoms with Gasteiger partial charge in [0.05, 0.1) is 0 Å². The van der Waals surface area contributed by atoms with Crippen LogP contribution in [0.5, 0.6) is 0 Å². The Bertz CT molecular complexity index is 392. The van der Waals surface area contributed by atoms with Gasteiger partial charge >= 0.3 is 72.1 Å². The van der Waals surface area contributed by atoms with Crippen LogP contribution in [0.4, 0.5) is 0 Å². The second kappa shape index (κ2) is 3.16. The fraction of sp³-hybridized carbons (Fsp3) is 0. The van der Waals surface area contributed by atoms with Crippen LogP contribution in [-0.4, -0.2) is 0 Å². The second-order valence-electron chi connectivity index (χ2n) is 1.80. The molecule has 0 unspecified atom stereocenters. The maximum absolute atomic E-state index is 8.58. The molecule has 14 heavy (non-hydrogen) atoms. The number of nitrogens with zero attached hydrogens (tertiary/aromatic N) is 6. The fourth-order valence-corrected chi connectivity index (χ4v) is 1.09. The zero-order valence-electron chi connectivity index (χ0n) is 6.34. The van der Waals surface area contributed by atoms with E-state index in [2.05, 4.69) is 0 Å². The quantitative estimate of drug-likeness (QED) is 0.579. The molecule has 0 amide bonds. The van der Waals surface area contributed by atoms with E-state index in [0.717, 1.165) is 29.8 Å². The van der Waals surface area contributed by atoms with Crippen molar-refractivity contribution in [1.82, 2.24) is 0 Å². The van der Waals surface area contributed by atoms with Gasteiger partial charge in [-0.1, -0.05) is 0 Å². The third-order valence-electron chi connectivity index (χ3n) is 1.19. The van der Waals surface area contributed by atoms with Gasteiger partial charge in [0.1, 0.15) is 0 Å². The Balaban J connectivity index is 0. The normalized spacial score (nSPS) is 12.4. The minimum atomic E-state index is -6.17. The van der Waals surface area contributed by atoms with Gasteiger partial charge < -0.3 is 0 Å². The Morgan fingerprint density at radius 3 is 0.643 bits per heavy atom. The van der Waals surface area contributed by atoms with E-state index >= 15 is 0 Å². The van der Waals surface area contributed by atoms with Crippen molar-refractivity contribution in [3.63, 3.8) is 0 Å². The summed E-state index contributed by atoms with van der Waals surface area (Å²) in [7, 11) is -6.17. The number of hydrogen-bond acceptors (Lipinski definition) is 6. The largest absolute Gasteiger partial charge is 0 e. The molecule has 0 spiro atoms. The molecular weight excluding hydrogens is 320 g/mol. The third kappa shape index (κ3) is 1.09. The summed E-state index contributed by atoms with van der Waals surface area (Å²) in [5.41, 5.74) is 0. The molecule has 0 aliphatic heterocycles. The zero-order chi connectivity index (χ0) is 10.7. The van der Waals surface area contributed by atoms with Crippen LogP contribution in [0.25, 0.3) is 0 Å². The van der Waals surface area contributed by atoms with Gasteiger partial charge in [-0.25, -0.2) is 0 Å². The Labute approximate surface area is 94.2 Å². The summed E-state index contributed by atoms with van der Waals surface area (Å²) in [6.45, 7) is 0. The Morgan fingerprint density at radius 1 is 0.500 bits per heavy atom. The van der Waals surface area contributed by atoms with Gasteiger partial charge in [-0.15, -0.1) is 0 Å². The van der Waals surface area contributed by atoms with Gasteiger partial charge in [0.15, 0.2) is 0 Å². The van der Waals surface area contributed by atoms with Crippen molar-refractivity contribution in [2.24, 2.45) is 0 Å². The van der Waals surface area contributed by atoms with E-state index in [4.69, 9.17) is 31.6 Å². The molecule has 0 rings (SSSR count). The maximum atomic E-state index is 8.58. The molecule has 8 heteroatoms. The minimum Gasteiger partial charge on any atom is 0 e. The van der Waals surface area contributed by atoms with E-state index in [9.17, 15) is 0 Å². The first kappa shape index (κ1) is 14.7. The number of nitriles is 6. The molecule has 1 radical (unpaired) electrons. The molecule has 0 atom stereocenters. The van der Waals surface area contributed by atoms with Crippen molar-refractivity contribution in [3.8, 4) is 29.8 Å². The molecule has 0 aliphatic carbocycles. The molecule has 0 saturated carbocycles. The number of hydrogen-bond donors (Lipinski definition) is 0. The summed E-state index contributed by atoms with van der Waals surface area (Å²) in [5.74, 6) is 0. The average molecular weight is 320 g/mol. The smallest absolute Gasteiger partial charge is 0 e. The van der Waals surface area contributed by atoms with Crippen molar-refractivity contribution in [2.45, 2.75) is 0 Å². The summed E-state index contributed by atoms with van der Waals surface area (Å²) in [5, 5.41) is 51.5. The standard InChI is InChI=1S/6CN.Ag.Fe/c6*1-2;;. The van der Waals surface area contributed by atoms with Crippen LogP contribution in [0.2, 0.25) is 0 Å². The van der Waals surface area contributed by atoms with Crippen molar-refractivity contribution in [2.75, 3.05) is 0 Å². The van der Waals surface area contributed by atoms with Gasteiger partial charge in [-0.2, -0.15) is 0 Å². The SMILES string of the molecule is N#[C][Fe]([C]#N)([C]#N)([C]#N)([C]#N)[C]#N.[Ag]. The van der Waals surface area contributed by atoms with Crippen LogP contribution in [-0.2, 0) is 33.1 Å². The van der Waals surface area contributed by atoms with E-state index in [1.165, 1.54) is 0 Å². The molecular formula is C6AgFeN6. The van der Waals surface area contributed by atoms with E-state index in [1.807, 2.05) is 0 Å². The first-order valence-corrected chi connectivity index (χ1v) is 5.71. The molecule has 0 bridgehead atoms. The number of rotatable bonds is 0. The van der Waals surface area contributed by atoms with E-state index < -0.39 is 10.7 Å². The van der Waals surface area contributed by atoms with Gasteiger partial charge in [0.2, 0.25) is 0 Å². The fourth-order valence-electron chi connectivity index (χ4n) is 0.265. The molecule has 0 N–H and O–H groups in total. The van der Waals surface area contributed by atoms with Crippen LogP contribution in [0, 0.1) is 61.4 Å². The molecule has 0 fully saturated rings. The average Bonchev–Trinajstić information content (AvgIpc) is 2.26. The van der Waals surface area contributed by atoms with Crippen molar-refractivity contribution in [3.05, 3.63) is 0 Å². The van der Waals surface area contributed by atoms with Crippen molar-refractivity contribution < 1.29 is 33.1 Å². The van der Waals surface area contributed by atoms with E-state index in [-0.39, 0.29) is 22.4 Å². The summed E-state index contributed by atoms with van der Waals surface area (Å²) in [4.78, 5) is 6.19. The second-order valence-corrected chi connectivity index (χ2v) is 7.42. The first-order valence-electron chi connectivity index (χ1n) is 2.40. The minimum absolute atomic E-state index is 0. The molecule has 73 valence electrons. The van der Waals surface area contributed by atoms with Crippen LogP contribution in [0.15, 0.2) is 0 Å². The van der Waals surface area contributed by atoms with E-state index in [1.54, 1.807) is 0 Å². The maximum Gasteiger partial charge on any atom is 0 e. The van der Waals surface area contributed by atoms with Gasteiger partial charge in [-0.05, 0) is 0 Å². The van der Waals surface area contributed by atoms with Crippen LogP contribution >= 0.6 is 0 Å². The molecule has 0 aliphatic rings. The van der Waals surface area contributed by atoms with Crippen LogP contribution < -0.4 is 0 Å². The Kier molecular flexibility index (Phi) is 3.32.